The number of hydrogen-bond acceptors (Lipinski definition) is 4. The van der Waals surface area contributed by atoms with Crippen LogP contribution < -0.4 is 5.32 Å². The summed E-state index contributed by atoms with van der Waals surface area (Å²) in [6.07, 6.45) is 6.40. The molecule has 6 nitrogen and oxygen atoms in total. The maximum Gasteiger partial charge on any atom is 0.271 e. The van der Waals surface area contributed by atoms with Crippen molar-refractivity contribution in [2.45, 2.75) is 13.5 Å². The van der Waals surface area contributed by atoms with Crippen molar-refractivity contribution in [1.82, 2.24) is 25.5 Å². The maximum atomic E-state index is 11.6. The largest absolute Gasteiger partial charge is 0.346 e. The number of rotatable bonds is 3. The zero-order chi connectivity index (χ0) is 11.4. The van der Waals surface area contributed by atoms with Crippen LogP contribution in [0.1, 0.15) is 21.7 Å². The fraction of sp³-hybridized carbons (Fsp3) is 0.200. The van der Waals surface area contributed by atoms with Gasteiger partial charge in [0.05, 0.1) is 18.1 Å². The van der Waals surface area contributed by atoms with E-state index in [0.29, 0.717) is 12.2 Å². The van der Waals surface area contributed by atoms with E-state index in [1.54, 1.807) is 18.6 Å². The van der Waals surface area contributed by atoms with Crippen LogP contribution in [0.5, 0.6) is 0 Å². The van der Waals surface area contributed by atoms with Gasteiger partial charge in [0.25, 0.3) is 5.91 Å². The number of nitrogens with zero attached hydrogens (tertiary/aromatic N) is 3. The number of hydrogen-bond donors (Lipinski definition) is 2. The van der Waals surface area contributed by atoms with Crippen LogP contribution in [-0.2, 0) is 6.54 Å². The van der Waals surface area contributed by atoms with Gasteiger partial charge in [0, 0.05) is 24.5 Å². The van der Waals surface area contributed by atoms with Crippen LogP contribution in [-0.4, -0.2) is 26.1 Å². The molecule has 1 amide bonds. The molecule has 2 rings (SSSR count). The fourth-order valence-corrected chi connectivity index (χ4v) is 1.16. The molecule has 2 aromatic heterocycles. The lowest BCUT2D eigenvalue weighted by molar-refractivity contribution is 0.0945. The topological polar surface area (TPSA) is 83.6 Å². The summed E-state index contributed by atoms with van der Waals surface area (Å²) in [4.78, 5) is 19.6. The second-order valence-electron chi connectivity index (χ2n) is 3.33. The van der Waals surface area contributed by atoms with Crippen molar-refractivity contribution in [3.63, 3.8) is 0 Å². The summed E-state index contributed by atoms with van der Waals surface area (Å²) in [5.74, 6) is -0.242. The highest BCUT2D eigenvalue weighted by Crippen LogP contribution is 1.96. The lowest BCUT2D eigenvalue weighted by atomic mass is 10.3. The van der Waals surface area contributed by atoms with E-state index in [1.165, 1.54) is 6.20 Å². The van der Waals surface area contributed by atoms with E-state index in [9.17, 15) is 4.79 Å². The predicted octanol–water partition coefficient (Wildman–Crippen LogP) is 0.438. The molecular formula is C10H11N5O. The molecule has 0 aliphatic rings. The summed E-state index contributed by atoms with van der Waals surface area (Å²) < 4.78 is 0. The highest BCUT2D eigenvalue weighted by atomic mass is 16.1. The summed E-state index contributed by atoms with van der Waals surface area (Å²) in [7, 11) is 0. The first-order chi connectivity index (χ1) is 7.75. The summed E-state index contributed by atoms with van der Waals surface area (Å²) in [5.41, 5.74) is 2.01. The normalized spacial score (nSPS) is 10.1. The Kier molecular flexibility index (Phi) is 2.90. The Balaban J connectivity index is 1.95. The highest BCUT2D eigenvalue weighted by molar-refractivity contribution is 5.91. The summed E-state index contributed by atoms with van der Waals surface area (Å²) in [6.45, 7) is 2.24. The molecule has 16 heavy (non-hydrogen) atoms. The van der Waals surface area contributed by atoms with Crippen LogP contribution in [0.4, 0.5) is 0 Å². The summed E-state index contributed by atoms with van der Waals surface area (Å²) >= 11 is 0. The molecule has 0 fully saturated rings. The van der Waals surface area contributed by atoms with Gasteiger partial charge in [-0.05, 0) is 6.92 Å². The molecule has 0 aromatic carbocycles. The van der Waals surface area contributed by atoms with Gasteiger partial charge in [-0.2, -0.15) is 5.10 Å². The highest BCUT2D eigenvalue weighted by Gasteiger charge is 2.06. The van der Waals surface area contributed by atoms with E-state index >= 15 is 0 Å². The van der Waals surface area contributed by atoms with E-state index < -0.39 is 0 Å². The first-order valence-corrected chi connectivity index (χ1v) is 4.80. The van der Waals surface area contributed by atoms with Gasteiger partial charge in [-0.3, -0.25) is 14.9 Å². The Morgan fingerprint density at radius 2 is 2.25 bits per heavy atom. The molecule has 2 aromatic rings. The molecule has 2 N–H and O–H groups in total. The molecule has 0 aliphatic carbocycles. The van der Waals surface area contributed by atoms with Crippen LogP contribution in [0.25, 0.3) is 0 Å². The minimum Gasteiger partial charge on any atom is -0.346 e. The molecule has 2 heterocycles. The molecule has 0 spiro atoms. The lowest BCUT2D eigenvalue weighted by Crippen LogP contribution is -2.23. The molecule has 0 aliphatic heterocycles. The van der Waals surface area contributed by atoms with Crippen molar-refractivity contribution in [1.29, 1.82) is 0 Å². The molecule has 0 saturated carbocycles. The zero-order valence-corrected chi connectivity index (χ0v) is 8.77. The number of H-pyrrole nitrogens is 1. The second kappa shape index (κ2) is 4.52. The van der Waals surface area contributed by atoms with E-state index in [1.807, 2.05) is 6.92 Å². The molecule has 0 bridgehead atoms. The first-order valence-electron chi connectivity index (χ1n) is 4.80. The van der Waals surface area contributed by atoms with Crippen LogP contribution in [0.2, 0.25) is 0 Å². The predicted molar refractivity (Wildman–Crippen MR) is 56.5 cm³/mol. The van der Waals surface area contributed by atoms with Gasteiger partial charge in [0.2, 0.25) is 0 Å². The maximum absolute atomic E-state index is 11.6. The minimum atomic E-state index is -0.242. The van der Waals surface area contributed by atoms with E-state index in [0.717, 1.165) is 11.3 Å². The van der Waals surface area contributed by atoms with Gasteiger partial charge in [-0.1, -0.05) is 0 Å². The SMILES string of the molecule is Cc1cnc(C(=O)NCc2cn[nH]c2)cn1. The van der Waals surface area contributed by atoms with Crippen molar-refractivity contribution in [2.75, 3.05) is 0 Å². The van der Waals surface area contributed by atoms with Crippen molar-refractivity contribution in [3.8, 4) is 0 Å². The Bertz CT molecular complexity index is 462. The molecular weight excluding hydrogens is 206 g/mol. The van der Waals surface area contributed by atoms with Crippen molar-refractivity contribution < 1.29 is 4.79 Å². The molecule has 6 heteroatoms. The summed E-state index contributed by atoms with van der Waals surface area (Å²) in [5, 5.41) is 9.17. The monoisotopic (exact) mass is 217 g/mol. The molecule has 0 saturated heterocycles. The Labute approximate surface area is 92.1 Å². The average molecular weight is 217 g/mol. The van der Waals surface area contributed by atoms with E-state index in [4.69, 9.17) is 0 Å². The smallest absolute Gasteiger partial charge is 0.271 e. The molecule has 0 radical (unpaired) electrons. The first kappa shape index (κ1) is 10.3. The van der Waals surface area contributed by atoms with Crippen molar-refractivity contribution in [3.05, 3.63) is 41.7 Å². The second-order valence-corrected chi connectivity index (χ2v) is 3.33. The minimum absolute atomic E-state index is 0.242. The van der Waals surface area contributed by atoms with Gasteiger partial charge in [0.1, 0.15) is 5.69 Å². The fourth-order valence-electron chi connectivity index (χ4n) is 1.16. The standard InChI is InChI=1S/C10H11N5O/c1-7-2-12-9(6-11-7)10(16)13-3-8-4-14-15-5-8/h2,4-6H,3H2,1H3,(H,13,16)(H,14,15). The van der Waals surface area contributed by atoms with Crippen LogP contribution >= 0.6 is 0 Å². The Morgan fingerprint density at radius 3 is 2.88 bits per heavy atom. The molecule has 0 unspecified atom stereocenters. The van der Waals surface area contributed by atoms with Gasteiger partial charge in [-0.25, -0.2) is 4.98 Å². The average Bonchev–Trinajstić information content (AvgIpc) is 2.80. The Hall–Kier alpha value is -2.24. The number of aryl methyl sites for hydroxylation is 1. The van der Waals surface area contributed by atoms with Crippen LogP contribution in [0, 0.1) is 6.92 Å². The number of nitrogens with one attached hydrogen (secondary N) is 2. The van der Waals surface area contributed by atoms with Crippen molar-refractivity contribution >= 4 is 5.91 Å². The third-order valence-corrected chi connectivity index (χ3v) is 2.02. The van der Waals surface area contributed by atoms with E-state index in [-0.39, 0.29) is 5.91 Å². The number of carbonyl (C=O) groups is 1. The molecule has 82 valence electrons. The number of aromatic amines is 1. The molecule has 0 atom stereocenters. The third-order valence-electron chi connectivity index (χ3n) is 2.02. The zero-order valence-electron chi connectivity index (χ0n) is 8.77. The number of amides is 1. The van der Waals surface area contributed by atoms with Crippen LogP contribution in [0.15, 0.2) is 24.8 Å². The van der Waals surface area contributed by atoms with Gasteiger partial charge in [0.15, 0.2) is 0 Å². The van der Waals surface area contributed by atoms with Crippen LogP contribution in [0.3, 0.4) is 0 Å². The number of carbonyl (C=O) groups excluding carboxylic acids is 1. The van der Waals surface area contributed by atoms with E-state index in [2.05, 4.69) is 25.5 Å². The lowest BCUT2D eigenvalue weighted by Gasteiger charge is -2.02. The third kappa shape index (κ3) is 2.41. The quantitative estimate of drug-likeness (QED) is 0.781. The van der Waals surface area contributed by atoms with Crippen molar-refractivity contribution in [2.24, 2.45) is 0 Å². The number of aromatic nitrogens is 4. The van der Waals surface area contributed by atoms with Gasteiger partial charge < -0.3 is 5.32 Å². The van der Waals surface area contributed by atoms with Gasteiger partial charge >= 0.3 is 0 Å². The Morgan fingerprint density at radius 1 is 1.38 bits per heavy atom. The van der Waals surface area contributed by atoms with Gasteiger partial charge in [-0.15, -0.1) is 0 Å². The summed E-state index contributed by atoms with van der Waals surface area (Å²) in [6, 6.07) is 0.